The van der Waals surface area contributed by atoms with Crippen LogP contribution in [0.4, 0.5) is 0 Å². The van der Waals surface area contributed by atoms with Gasteiger partial charge in [-0.05, 0) is 54.4 Å². The predicted molar refractivity (Wildman–Crippen MR) is 83.7 cm³/mol. The molecule has 0 radical (unpaired) electrons. The molecule has 0 atom stereocenters. The first-order valence-corrected chi connectivity index (χ1v) is 8.56. The number of thiophene rings is 2. The fourth-order valence-electron chi connectivity index (χ4n) is 2.15. The van der Waals surface area contributed by atoms with Crippen LogP contribution in [0.5, 0.6) is 0 Å². The molecule has 1 N–H and O–H groups in total. The van der Waals surface area contributed by atoms with Gasteiger partial charge < -0.3 is 5.32 Å². The van der Waals surface area contributed by atoms with Crippen molar-refractivity contribution >= 4 is 22.7 Å². The summed E-state index contributed by atoms with van der Waals surface area (Å²) in [5.41, 5.74) is 1.42. The van der Waals surface area contributed by atoms with Crippen molar-refractivity contribution < 1.29 is 0 Å². The summed E-state index contributed by atoms with van der Waals surface area (Å²) in [6.45, 7) is 3.13. The van der Waals surface area contributed by atoms with E-state index in [9.17, 15) is 0 Å². The molecular formula is C15H20N2S2. The Balaban J connectivity index is 1.48. The second-order valence-corrected chi connectivity index (χ2v) is 7.36. The summed E-state index contributed by atoms with van der Waals surface area (Å²) in [6, 6.07) is 7.56. The molecular weight excluding hydrogens is 272 g/mol. The Hall–Kier alpha value is -0.680. The maximum absolute atomic E-state index is 3.57. The predicted octanol–water partition coefficient (Wildman–Crippen LogP) is 3.69. The molecule has 1 aliphatic rings. The van der Waals surface area contributed by atoms with Gasteiger partial charge in [-0.15, -0.1) is 11.3 Å². The molecule has 2 nitrogen and oxygen atoms in total. The average molecular weight is 292 g/mol. The van der Waals surface area contributed by atoms with Crippen LogP contribution in [0.3, 0.4) is 0 Å². The molecule has 2 aromatic rings. The Morgan fingerprint density at radius 1 is 1.21 bits per heavy atom. The largest absolute Gasteiger partial charge is 0.309 e. The maximum atomic E-state index is 3.57. The van der Waals surface area contributed by atoms with Crippen LogP contribution in [0, 0.1) is 0 Å². The maximum Gasteiger partial charge on any atom is 0.0328 e. The van der Waals surface area contributed by atoms with Crippen molar-refractivity contribution in [3.05, 3.63) is 44.3 Å². The van der Waals surface area contributed by atoms with Gasteiger partial charge >= 0.3 is 0 Å². The van der Waals surface area contributed by atoms with E-state index in [0.29, 0.717) is 0 Å². The molecule has 4 heteroatoms. The average Bonchev–Trinajstić information content (AvgIpc) is 2.88. The third-order valence-electron chi connectivity index (χ3n) is 3.32. The van der Waals surface area contributed by atoms with Crippen molar-refractivity contribution in [1.29, 1.82) is 0 Å². The summed E-state index contributed by atoms with van der Waals surface area (Å²) < 4.78 is 0. The smallest absolute Gasteiger partial charge is 0.0328 e. The molecule has 3 rings (SSSR count). The Kier molecular flexibility index (Phi) is 4.33. The quantitative estimate of drug-likeness (QED) is 0.837. The molecule has 0 saturated heterocycles. The number of nitrogens with one attached hydrogen (secondary N) is 1. The van der Waals surface area contributed by atoms with Crippen molar-refractivity contribution in [2.45, 2.75) is 38.5 Å². The fraction of sp³-hybridized carbons (Fsp3) is 0.467. The molecule has 0 bridgehead atoms. The highest BCUT2D eigenvalue weighted by Crippen LogP contribution is 2.22. The van der Waals surface area contributed by atoms with E-state index in [-0.39, 0.29) is 0 Å². The standard InChI is InChI=1S/C15H20N2S2/c1-17(9-12-6-7-18-11-12)10-15-5-4-14(19-15)8-16-13-2-3-13/h4-7,11,13,16H,2-3,8-10H2,1H3. The van der Waals surface area contributed by atoms with E-state index in [4.69, 9.17) is 0 Å². The van der Waals surface area contributed by atoms with E-state index in [0.717, 1.165) is 25.7 Å². The number of rotatable bonds is 7. The minimum Gasteiger partial charge on any atom is -0.309 e. The molecule has 2 heterocycles. The van der Waals surface area contributed by atoms with Gasteiger partial charge in [0, 0.05) is 35.4 Å². The molecule has 2 aromatic heterocycles. The molecule has 1 aliphatic carbocycles. The van der Waals surface area contributed by atoms with Gasteiger partial charge in [-0.3, -0.25) is 4.90 Å². The van der Waals surface area contributed by atoms with E-state index in [1.807, 2.05) is 11.3 Å². The van der Waals surface area contributed by atoms with E-state index in [1.165, 1.54) is 28.2 Å². The zero-order valence-corrected chi connectivity index (χ0v) is 12.9. The summed E-state index contributed by atoms with van der Waals surface area (Å²) in [5, 5.41) is 7.95. The molecule has 19 heavy (non-hydrogen) atoms. The lowest BCUT2D eigenvalue weighted by molar-refractivity contribution is 0.322. The highest BCUT2D eigenvalue weighted by Gasteiger charge is 2.20. The Labute approximate surface area is 123 Å². The minimum absolute atomic E-state index is 0.798. The highest BCUT2D eigenvalue weighted by molar-refractivity contribution is 7.12. The minimum atomic E-state index is 0.798. The van der Waals surface area contributed by atoms with Crippen LogP contribution in [0.15, 0.2) is 29.0 Å². The number of hydrogen-bond acceptors (Lipinski definition) is 4. The van der Waals surface area contributed by atoms with E-state index in [1.54, 1.807) is 11.3 Å². The van der Waals surface area contributed by atoms with Crippen LogP contribution < -0.4 is 5.32 Å². The lowest BCUT2D eigenvalue weighted by Crippen LogP contribution is -2.16. The van der Waals surface area contributed by atoms with E-state index >= 15 is 0 Å². The van der Waals surface area contributed by atoms with Crippen molar-refractivity contribution in [2.24, 2.45) is 0 Å². The summed E-state index contributed by atoms with van der Waals surface area (Å²) in [5.74, 6) is 0. The van der Waals surface area contributed by atoms with Gasteiger partial charge in [0.25, 0.3) is 0 Å². The van der Waals surface area contributed by atoms with E-state index < -0.39 is 0 Å². The summed E-state index contributed by atoms with van der Waals surface area (Å²) >= 11 is 3.72. The molecule has 102 valence electrons. The van der Waals surface area contributed by atoms with Crippen molar-refractivity contribution in [1.82, 2.24) is 10.2 Å². The van der Waals surface area contributed by atoms with Crippen molar-refractivity contribution in [2.75, 3.05) is 7.05 Å². The molecule has 0 amide bonds. The van der Waals surface area contributed by atoms with Crippen LogP contribution >= 0.6 is 22.7 Å². The molecule has 0 spiro atoms. The summed E-state index contributed by atoms with van der Waals surface area (Å²) in [4.78, 5) is 5.31. The Morgan fingerprint density at radius 2 is 2.05 bits per heavy atom. The van der Waals surface area contributed by atoms with Crippen molar-refractivity contribution in [3.63, 3.8) is 0 Å². The topological polar surface area (TPSA) is 15.3 Å². The highest BCUT2D eigenvalue weighted by atomic mass is 32.1. The monoisotopic (exact) mass is 292 g/mol. The van der Waals surface area contributed by atoms with Gasteiger partial charge in [0.1, 0.15) is 0 Å². The molecule has 1 fully saturated rings. The second-order valence-electron chi connectivity index (χ2n) is 5.33. The first-order valence-electron chi connectivity index (χ1n) is 6.80. The molecule has 0 unspecified atom stereocenters. The third-order valence-corrected chi connectivity index (χ3v) is 5.12. The number of nitrogens with zero attached hydrogens (tertiary/aromatic N) is 1. The fourth-order valence-corrected chi connectivity index (χ4v) is 3.86. The normalized spacial score (nSPS) is 15.3. The van der Waals surface area contributed by atoms with Gasteiger partial charge in [0.05, 0.1) is 0 Å². The van der Waals surface area contributed by atoms with Gasteiger partial charge in [-0.2, -0.15) is 11.3 Å². The van der Waals surface area contributed by atoms with Crippen LogP contribution in [0.1, 0.15) is 28.2 Å². The first kappa shape index (κ1) is 13.3. The molecule has 0 aromatic carbocycles. The van der Waals surface area contributed by atoms with E-state index in [2.05, 4.69) is 46.2 Å². The van der Waals surface area contributed by atoms with Gasteiger partial charge in [-0.25, -0.2) is 0 Å². The summed E-state index contributed by atoms with van der Waals surface area (Å²) in [6.07, 6.45) is 2.73. The van der Waals surface area contributed by atoms with Crippen LogP contribution in [0.2, 0.25) is 0 Å². The van der Waals surface area contributed by atoms with Crippen LogP contribution in [-0.4, -0.2) is 18.0 Å². The van der Waals surface area contributed by atoms with Crippen LogP contribution in [-0.2, 0) is 19.6 Å². The van der Waals surface area contributed by atoms with Gasteiger partial charge in [0.15, 0.2) is 0 Å². The van der Waals surface area contributed by atoms with Gasteiger partial charge in [-0.1, -0.05) is 0 Å². The Bertz CT molecular complexity index is 500. The second kappa shape index (κ2) is 6.18. The third kappa shape index (κ3) is 4.14. The first-order chi connectivity index (χ1) is 9.29. The Morgan fingerprint density at radius 3 is 2.79 bits per heavy atom. The SMILES string of the molecule is CN(Cc1ccsc1)Cc1ccc(CNC2CC2)s1. The summed E-state index contributed by atoms with van der Waals surface area (Å²) in [7, 11) is 2.19. The van der Waals surface area contributed by atoms with Gasteiger partial charge in [0.2, 0.25) is 0 Å². The molecule has 0 aliphatic heterocycles. The lowest BCUT2D eigenvalue weighted by Gasteiger charge is -2.14. The zero-order chi connectivity index (χ0) is 13.1. The number of hydrogen-bond donors (Lipinski definition) is 1. The lowest BCUT2D eigenvalue weighted by atomic mass is 10.3. The van der Waals surface area contributed by atoms with Crippen LogP contribution in [0.25, 0.3) is 0 Å². The van der Waals surface area contributed by atoms with Crippen molar-refractivity contribution in [3.8, 4) is 0 Å². The molecule has 1 saturated carbocycles. The zero-order valence-electron chi connectivity index (χ0n) is 11.3.